The van der Waals surface area contributed by atoms with Gasteiger partial charge in [0, 0.05) is 18.3 Å². The van der Waals surface area contributed by atoms with Crippen molar-refractivity contribution in [1.82, 2.24) is 15.3 Å². The van der Waals surface area contributed by atoms with Crippen molar-refractivity contribution in [2.45, 2.75) is 40.2 Å². The van der Waals surface area contributed by atoms with Crippen LogP contribution < -0.4 is 10.6 Å². The number of benzene rings is 2. The van der Waals surface area contributed by atoms with Crippen LogP contribution in [0, 0.1) is 13.8 Å². The molecular weight excluding hydrogens is 348 g/mol. The molecule has 1 aromatic heterocycles. The Morgan fingerprint density at radius 2 is 1.79 bits per heavy atom. The Kier molecular flexibility index (Phi) is 6.04. The van der Waals surface area contributed by atoms with Crippen molar-refractivity contribution < 1.29 is 4.79 Å². The standard InChI is InChI=1S/C23H26N4O/c1-15(2)19-10-5-6-11-20(19)27-22-13-21(25-17(4)26-22)23(28)24-14-18-9-7-8-16(3)12-18/h5-13,15H,14H2,1-4H3,(H,24,28)(H,25,26,27). The van der Waals surface area contributed by atoms with Crippen LogP contribution in [0.3, 0.4) is 0 Å². The highest BCUT2D eigenvalue weighted by Gasteiger charge is 2.12. The molecule has 0 aliphatic heterocycles. The van der Waals surface area contributed by atoms with Crippen LogP contribution >= 0.6 is 0 Å². The number of anilines is 2. The van der Waals surface area contributed by atoms with Gasteiger partial charge in [-0.1, -0.05) is 61.9 Å². The first-order chi connectivity index (χ1) is 13.4. The number of nitrogens with one attached hydrogen (secondary N) is 2. The lowest BCUT2D eigenvalue weighted by Gasteiger charge is -2.15. The lowest BCUT2D eigenvalue weighted by Crippen LogP contribution is -2.24. The fourth-order valence-corrected chi connectivity index (χ4v) is 3.10. The van der Waals surface area contributed by atoms with Crippen molar-refractivity contribution in [2.75, 3.05) is 5.32 Å². The van der Waals surface area contributed by atoms with E-state index in [4.69, 9.17) is 0 Å². The van der Waals surface area contributed by atoms with E-state index in [1.165, 1.54) is 11.1 Å². The van der Waals surface area contributed by atoms with Gasteiger partial charge in [0.05, 0.1) is 0 Å². The quantitative estimate of drug-likeness (QED) is 0.645. The molecule has 0 aliphatic rings. The van der Waals surface area contributed by atoms with Crippen LogP contribution in [0.1, 0.15) is 52.8 Å². The SMILES string of the molecule is Cc1cccc(CNC(=O)c2cc(Nc3ccccc3C(C)C)nc(C)n2)c1. The molecule has 1 heterocycles. The van der Waals surface area contributed by atoms with Gasteiger partial charge in [-0.25, -0.2) is 9.97 Å². The highest BCUT2D eigenvalue weighted by Crippen LogP contribution is 2.26. The lowest BCUT2D eigenvalue weighted by molar-refractivity contribution is 0.0945. The van der Waals surface area contributed by atoms with Crippen LogP contribution in [0.5, 0.6) is 0 Å². The first-order valence-electron chi connectivity index (χ1n) is 9.48. The van der Waals surface area contributed by atoms with Crippen molar-refractivity contribution in [3.8, 4) is 0 Å². The second-order valence-electron chi connectivity index (χ2n) is 7.22. The van der Waals surface area contributed by atoms with Gasteiger partial charge < -0.3 is 10.6 Å². The smallest absolute Gasteiger partial charge is 0.270 e. The number of hydrogen-bond acceptors (Lipinski definition) is 4. The normalized spacial score (nSPS) is 10.8. The Morgan fingerprint density at radius 1 is 1.00 bits per heavy atom. The maximum atomic E-state index is 12.6. The minimum absolute atomic E-state index is 0.216. The van der Waals surface area contributed by atoms with Crippen LogP contribution in [0.4, 0.5) is 11.5 Å². The zero-order valence-corrected chi connectivity index (χ0v) is 16.8. The number of amides is 1. The van der Waals surface area contributed by atoms with Gasteiger partial charge in [-0.15, -0.1) is 0 Å². The zero-order chi connectivity index (χ0) is 20.1. The highest BCUT2D eigenvalue weighted by molar-refractivity contribution is 5.93. The van der Waals surface area contributed by atoms with Gasteiger partial charge in [-0.2, -0.15) is 0 Å². The molecule has 28 heavy (non-hydrogen) atoms. The van der Waals surface area contributed by atoms with E-state index in [0.717, 1.165) is 11.3 Å². The number of hydrogen-bond donors (Lipinski definition) is 2. The van der Waals surface area contributed by atoms with E-state index in [1.807, 2.05) is 43.3 Å². The summed E-state index contributed by atoms with van der Waals surface area (Å²) in [6.07, 6.45) is 0. The molecule has 2 N–H and O–H groups in total. The molecule has 0 saturated heterocycles. The van der Waals surface area contributed by atoms with Gasteiger partial charge >= 0.3 is 0 Å². The summed E-state index contributed by atoms with van der Waals surface area (Å²) in [5, 5.41) is 6.27. The number of nitrogens with zero attached hydrogens (tertiary/aromatic N) is 2. The van der Waals surface area contributed by atoms with Crippen LogP contribution in [-0.4, -0.2) is 15.9 Å². The number of para-hydroxylation sites is 1. The van der Waals surface area contributed by atoms with Crippen molar-refractivity contribution in [3.63, 3.8) is 0 Å². The third-order valence-electron chi connectivity index (χ3n) is 4.45. The average molecular weight is 374 g/mol. The van der Waals surface area contributed by atoms with E-state index in [0.29, 0.717) is 29.8 Å². The molecule has 0 saturated carbocycles. The lowest BCUT2D eigenvalue weighted by atomic mass is 10.0. The predicted molar refractivity (Wildman–Crippen MR) is 113 cm³/mol. The van der Waals surface area contributed by atoms with E-state index in [9.17, 15) is 4.79 Å². The Morgan fingerprint density at radius 3 is 2.54 bits per heavy atom. The van der Waals surface area contributed by atoms with Crippen LogP contribution in [0.2, 0.25) is 0 Å². The van der Waals surface area contributed by atoms with Crippen molar-refractivity contribution in [2.24, 2.45) is 0 Å². The molecule has 3 aromatic rings. The number of aryl methyl sites for hydroxylation is 2. The second-order valence-corrected chi connectivity index (χ2v) is 7.22. The summed E-state index contributed by atoms with van der Waals surface area (Å²) in [7, 11) is 0. The highest BCUT2D eigenvalue weighted by atomic mass is 16.1. The maximum Gasteiger partial charge on any atom is 0.270 e. The molecule has 0 atom stereocenters. The zero-order valence-electron chi connectivity index (χ0n) is 16.8. The summed E-state index contributed by atoms with van der Waals surface area (Å²) < 4.78 is 0. The fourth-order valence-electron chi connectivity index (χ4n) is 3.10. The van der Waals surface area contributed by atoms with Crippen LogP contribution in [0.15, 0.2) is 54.6 Å². The van der Waals surface area contributed by atoms with Gasteiger partial charge in [0.2, 0.25) is 0 Å². The molecule has 0 aliphatic carbocycles. The number of carbonyl (C=O) groups excluding carboxylic acids is 1. The van der Waals surface area contributed by atoms with Crippen LogP contribution in [0.25, 0.3) is 0 Å². The average Bonchev–Trinajstić information content (AvgIpc) is 2.66. The van der Waals surface area contributed by atoms with Crippen molar-refractivity contribution in [1.29, 1.82) is 0 Å². The molecular formula is C23H26N4O. The maximum absolute atomic E-state index is 12.6. The van der Waals surface area contributed by atoms with Crippen LogP contribution in [-0.2, 0) is 6.54 Å². The molecule has 0 bridgehead atoms. The van der Waals surface area contributed by atoms with E-state index >= 15 is 0 Å². The summed E-state index contributed by atoms with van der Waals surface area (Å²) in [5.74, 6) is 1.32. The van der Waals surface area contributed by atoms with Gasteiger partial charge in [0.1, 0.15) is 17.3 Å². The molecule has 144 valence electrons. The first kappa shape index (κ1) is 19.5. The monoisotopic (exact) mass is 374 g/mol. The molecule has 0 unspecified atom stereocenters. The van der Waals surface area contributed by atoms with Crippen molar-refractivity contribution >= 4 is 17.4 Å². The minimum Gasteiger partial charge on any atom is -0.347 e. The van der Waals surface area contributed by atoms with Gasteiger partial charge in [-0.05, 0) is 37.0 Å². The van der Waals surface area contributed by atoms with E-state index in [1.54, 1.807) is 13.0 Å². The second kappa shape index (κ2) is 8.65. The molecule has 0 spiro atoms. The Bertz CT molecular complexity index is 982. The summed E-state index contributed by atoms with van der Waals surface area (Å²) in [4.78, 5) is 21.3. The summed E-state index contributed by atoms with van der Waals surface area (Å²) in [6.45, 7) is 8.58. The van der Waals surface area contributed by atoms with Gasteiger partial charge in [0.15, 0.2) is 0 Å². The Labute approximate surface area is 166 Å². The van der Waals surface area contributed by atoms with Gasteiger partial charge in [0.25, 0.3) is 5.91 Å². The van der Waals surface area contributed by atoms with Gasteiger partial charge in [-0.3, -0.25) is 4.79 Å². The number of rotatable bonds is 6. The molecule has 3 rings (SSSR count). The fraction of sp³-hybridized carbons (Fsp3) is 0.261. The summed E-state index contributed by atoms with van der Waals surface area (Å²) in [6, 6.07) is 17.9. The third-order valence-corrected chi connectivity index (χ3v) is 4.45. The molecule has 1 amide bonds. The van der Waals surface area contributed by atoms with E-state index in [-0.39, 0.29) is 5.91 Å². The first-order valence-corrected chi connectivity index (χ1v) is 9.48. The largest absolute Gasteiger partial charge is 0.347 e. The Balaban J connectivity index is 1.77. The summed E-state index contributed by atoms with van der Waals surface area (Å²) >= 11 is 0. The molecule has 5 heteroatoms. The molecule has 2 aromatic carbocycles. The topological polar surface area (TPSA) is 66.9 Å². The third kappa shape index (κ3) is 4.94. The molecule has 5 nitrogen and oxygen atoms in total. The summed E-state index contributed by atoms with van der Waals surface area (Å²) in [5.41, 5.74) is 4.76. The predicted octanol–water partition coefficient (Wildman–Crippen LogP) is 4.89. The van der Waals surface area contributed by atoms with E-state index < -0.39 is 0 Å². The minimum atomic E-state index is -0.216. The number of aromatic nitrogens is 2. The molecule has 0 fully saturated rings. The van der Waals surface area contributed by atoms with E-state index in [2.05, 4.69) is 46.6 Å². The number of carbonyl (C=O) groups is 1. The molecule has 0 radical (unpaired) electrons. The Hall–Kier alpha value is -3.21. The van der Waals surface area contributed by atoms with Crippen molar-refractivity contribution in [3.05, 3.63) is 82.8 Å².